The third-order valence-corrected chi connectivity index (χ3v) is 3.19. The van der Waals surface area contributed by atoms with Gasteiger partial charge in [0.25, 0.3) is 0 Å². The van der Waals surface area contributed by atoms with Crippen LogP contribution in [0.15, 0.2) is 30.3 Å². The maximum Gasteiger partial charge on any atom is 0.247 e. The molecule has 2 heteroatoms. The highest BCUT2D eigenvalue weighted by molar-refractivity contribution is 5.98. The van der Waals surface area contributed by atoms with Crippen molar-refractivity contribution in [2.24, 2.45) is 0 Å². The molecule has 15 heavy (non-hydrogen) atoms. The van der Waals surface area contributed by atoms with Gasteiger partial charge in [0.2, 0.25) is 10.5 Å². The van der Waals surface area contributed by atoms with Gasteiger partial charge in [-0.25, -0.2) is 0 Å². The van der Waals surface area contributed by atoms with E-state index >= 15 is 0 Å². The topological polar surface area (TPSA) is 9.23 Å². The Labute approximate surface area is 96.4 Å². The molecule has 0 spiro atoms. The van der Waals surface area contributed by atoms with Gasteiger partial charge in [0, 0.05) is 0 Å². The minimum Gasteiger partial charge on any atom is -0.409 e. The van der Waals surface area contributed by atoms with Crippen molar-refractivity contribution in [3.05, 3.63) is 35.9 Å². The summed E-state index contributed by atoms with van der Waals surface area (Å²) in [6.45, 7) is 4.39. The molecule has 0 fully saturated rings. The molecular weight excluding hydrogens is 200 g/mol. The number of rotatable bonds is 6. The number of hydrogen-bond acceptors (Lipinski definition) is 1. The first kappa shape index (κ1) is 12.5. The average molecular weight is 219 g/mol. The maximum absolute atomic E-state index is 5.61. The molecule has 0 heterocycles. The summed E-state index contributed by atoms with van der Waals surface area (Å²) in [6, 6.07) is 10.5. The van der Waals surface area contributed by atoms with E-state index in [1.54, 1.807) is 0 Å². The number of benzene rings is 1. The summed E-state index contributed by atoms with van der Waals surface area (Å²) in [7, 11) is 3.26. The molecule has 0 aliphatic heterocycles. The second kappa shape index (κ2) is 6.08. The summed E-state index contributed by atoms with van der Waals surface area (Å²) in [5, 5.41) is 0. The van der Waals surface area contributed by atoms with Crippen LogP contribution in [0.4, 0.5) is 0 Å². The summed E-state index contributed by atoms with van der Waals surface area (Å²) in [5.41, 5.74) is 1.12. The van der Waals surface area contributed by atoms with Gasteiger partial charge in [-0.2, -0.15) is 0 Å². The lowest BCUT2D eigenvalue weighted by atomic mass is 9.85. The van der Waals surface area contributed by atoms with E-state index in [2.05, 4.69) is 48.6 Å². The smallest absolute Gasteiger partial charge is 0.247 e. The van der Waals surface area contributed by atoms with Gasteiger partial charge < -0.3 is 4.43 Å². The average Bonchev–Trinajstić information content (AvgIpc) is 2.30. The number of hydrogen-bond donors (Lipinski definition) is 0. The summed E-state index contributed by atoms with van der Waals surface area (Å²) < 4.78 is 5.61. The van der Waals surface area contributed by atoms with Crippen LogP contribution in [-0.2, 0) is 10.0 Å². The fraction of sp³-hybridized carbons (Fsp3) is 0.538. The molecular formula is C13H19OSi. The molecule has 0 unspecified atom stereocenters. The standard InChI is InChI=1S/C13H19OSi/c1-3-10-13(14-15,11-4-2)12-8-6-5-7-9-12/h5-9H,3-4,10-11H2,1-2H3. The van der Waals surface area contributed by atoms with Crippen LogP contribution >= 0.6 is 0 Å². The molecule has 0 aromatic heterocycles. The normalized spacial score (nSPS) is 11.7. The van der Waals surface area contributed by atoms with Gasteiger partial charge >= 0.3 is 0 Å². The Morgan fingerprint density at radius 3 is 2.00 bits per heavy atom. The van der Waals surface area contributed by atoms with E-state index in [9.17, 15) is 0 Å². The van der Waals surface area contributed by atoms with Crippen molar-refractivity contribution in [1.29, 1.82) is 0 Å². The zero-order chi connectivity index (χ0) is 11.1. The minimum atomic E-state index is -0.151. The van der Waals surface area contributed by atoms with E-state index in [1.165, 1.54) is 5.56 Å². The van der Waals surface area contributed by atoms with Crippen LogP contribution in [0, 0.1) is 0 Å². The van der Waals surface area contributed by atoms with E-state index in [-0.39, 0.29) is 5.60 Å². The van der Waals surface area contributed by atoms with Crippen molar-refractivity contribution in [3.8, 4) is 0 Å². The van der Waals surface area contributed by atoms with E-state index in [0.29, 0.717) is 0 Å². The summed E-state index contributed by atoms with van der Waals surface area (Å²) in [6.07, 6.45) is 4.35. The molecule has 0 aliphatic carbocycles. The van der Waals surface area contributed by atoms with Crippen molar-refractivity contribution in [3.63, 3.8) is 0 Å². The van der Waals surface area contributed by atoms with Gasteiger partial charge in [-0.15, -0.1) is 0 Å². The SMILES string of the molecule is CCCC(CCC)(O[Si])c1ccccc1. The minimum absolute atomic E-state index is 0.151. The quantitative estimate of drug-likeness (QED) is 0.664. The Morgan fingerprint density at radius 2 is 1.60 bits per heavy atom. The monoisotopic (exact) mass is 219 g/mol. The van der Waals surface area contributed by atoms with Gasteiger partial charge in [-0.1, -0.05) is 57.0 Å². The first-order valence-electron chi connectivity index (χ1n) is 5.69. The summed E-state index contributed by atoms with van der Waals surface area (Å²) in [4.78, 5) is 0. The lowest BCUT2D eigenvalue weighted by Crippen LogP contribution is -2.28. The molecule has 0 aliphatic rings. The van der Waals surface area contributed by atoms with Crippen LogP contribution < -0.4 is 0 Å². The molecule has 0 amide bonds. The van der Waals surface area contributed by atoms with Crippen LogP contribution in [0.5, 0.6) is 0 Å². The Morgan fingerprint density at radius 1 is 1.07 bits per heavy atom. The van der Waals surface area contributed by atoms with Gasteiger partial charge in [0.05, 0.1) is 5.60 Å². The van der Waals surface area contributed by atoms with Crippen molar-refractivity contribution in [1.82, 2.24) is 0 Å². The highest BCUT2D eigenvalue weighted by atomic mass is 28.2. The van der Waals surface area contributed by atoms with Crippen molar-refractivity contribution >= 4 is 10.5 Å². The Balaban J connectivity index is 2.97. The van der Waals surface area contributed by atoms with E-state index in [4.69, 9.17) is 4.43 Å². The Hall–Kier alpha value is -0.603. The molecule has 1 rings (SSSR count). The fourth-order valence-electron chi connectivity index (χ4n) is 2.12. The largest absolute Gasteiger partial charge is 0.409 e. The molecule has 1 aromatic rings. The first-order chi connectivity index (χ1) is 7.29. The molecule has 1 nitrogen and oxygen atoms in total. The Kier molecular flexibility index (Phi) is 5.06. The van der Waals surface area contributed by atoms with Crippen LogP contribution in [0.1, 0.15) is 45.1 Å². The van der Waals surface area contributed by atoms with Gasteiger partial charge in [0.1, 0.15) is 0 Å². The van der Waals surface area contributed by atoms with Crippen LogP contribution in [0.25, 0.3) is 0 Å². The maximum atomic E-state index is 5.61. The predicted molar refractivity (Wildman–Crippen MR) is 64.8 cm³/mol. The third-order valence-electron chi connectivity index (χ3n) is 2.80. The van der Waals surface area contributed by atoms with E-state index in [0.717, 1.165) is 25.7 Å². The first-order valence-corrected chi connectivity index (χ1v) is 6.10. The van der Waals surface area contributed by atoms with Gasteiger partial charge in [-0.3, -0.25) is 0 Å². The second-order valence-electron chi connectivity index (χ2n) is 3.96. The zero-order valence-electron chi connectivity index (χ0n) is 9.62. The van der Waals surface area contributed by atoms with Crippen LogP contribution in [0.2, 0.25) is 0 Å². The Bertz CT molecular complexity index is 265. The molecule has 0 saturated heterocycles. The molecule has 3 radical (unpaired) electrons. The molecule has 81 valence electrons. The van der Waals surface area contributed by atoms with E-state index < -0.39 is 0 Å². The van der Waals surface area contributed by atoms with Crippen LogP contribution in [0.3, 0.4) is 0 Å². The lowest BCUT2D eigenvalue weighted by molar-refractivity contribution is 0.0555. The summed E-state index contributed by atoms with van der Waals surface area (Å²) >= 11 is 0. The van der Waals surface area contributed by atoms with Crippen LogP contribution in [-0.4, -0.2) is 10.5 Å². The van der Waals surface area contributed by atoms with Crippen molar-refractivity contribution in [2.45, 2.75) is 45.1 Å². The highest BCUT2D eigenvalue weighted by Crippen LogP contribution is 2.34. The molecule has 0 N–H and O–H groups in total. The zero-order valence-corrected chi connectivity index (χ0v) is 10.6. The molecule has 0 atom stereocenters. The fourth-order valence-corrected chi connectivity index (χ4v) is 2.45. The molecule has 0 bridgehead atoms. The summed E-state index contributed by atoms with van der Waals surface area (Å²) in [5.74, 6) is 0. The third kappa shape index (κ3) is 2.92. The molecule has 0 saturated carbocycles. The van der Waals surface area contributed by atoms with Gasteiger partial charge in [-0.05, 0) is 18.4 Å². The predicted octanol–water partition coefficient (Wildman–Crippen LogP) is 3.58. The highest BCUT2D eigenvalue weighted by Gasteiger charge is 2.29. The second-order valence-corrected chi connectivity index (χ2v) is 4.17. The van der Waals surface area contributed by atoms with Crippen molar-refractivity contribution < 1.29 is 4.43 Å². The van der Waals surface area contributed by atoms with Crippen molar-refractivity contribution in [2.75, 3.05) is 0 Å². The lowest BCUT2D eigenvalue weighted by Gasteiger charge is -2.33. The van der Waals surface area contributed by atoms with Gasteiger partial charge in [0.15, 0.2) is 0 Å². The molecule has 1 aromatic carbocycles. The van der Waals surface area contributed by atoms with E-state index in [1.807, 2.05) is 6.07 Å².